The third-order valence-electron chi connectivity index (χ3n) is 3.64. The van der Waals surface area contributed by atoms with Crippen molar-refractivity contribution < 1.29 is 19.1 Å². The molecule has 5 nitrogen and oxygen atoms in total. The van der Waals surface area contributed by atoms with Gasteiger partial charge < -0.3 is 14.4 Å². The number of allylic oxidation sites excluding steroid dienone is 2. The van der Waals surface area contributed by atoms with Crippen molar-refractivity contribution in [3.8, 4) is 0 Å². The van der Waals surface area contributed by atoms with Crippen molar-refractivity contribution in [2.24, 2.45) is 5.92 Å². The summed E-state index contributed by atoms with van der Waals surface area (Å²) in [5.41, 5.74) is -0.515. The number of ether oxygens (including phenoxy) is 2. The number of carbonyl (C=O) groups is 2. The summed E-state index contributed by atoms with van der Waals surface area (Å²) in [5.74, 6) is 0.332. The maximum atomic E-state index is 12.2. The molecule has 2 rings (SSSR count). The van der Waals surface area contributed by atoms with E-state index in [0.29, 0.717) is 13.1 Å². The summed E-state index contributed by atoms with van der Waals surface area (Å²) < 4.78 is 10.8. The molecule has 21 heavy (non-hydrogen) atoms. The molecule has 1 heterocycles. The summed E-state index contributed by atoms with van der Waals surface area (Å²) in [6, 6.07) is 0. The van der Waals surface area contributed by atoms with E-state index in [4.69, 9.17) is 9.47 Å². The Kier molecular flexibility index (Phi) is 4.91. The molecule has 118 valence electrons. The predicted molar refractivity (Wildman–Crippen MR) is 78.6 cm³/mol. The number of likely N-dealkylation sites (tertiary alicyclic amines) is 1. The second kappa shape index (κ2) is 6.50. The van der Waals surface area contributed by atoms with Crippen LogP contribution in [-0.2, 0) is 14.3 Å². The fourth-order valence-corrected chi connectivity index (χ4v) is 2.61. The molecule has 0 saturated carbocycles. The van der Waals surface area contributed by atoms with Crippen LogP contribution in [0.15, 0.2) is 11.8 Å². The largest absolute Gasteiger partial charge is 0.444 e. The van der Waals surface area contributed by atoms with Gasteiger partial charge in [-0.05, 0) is 52.5 Å². The molecular weight excluding hydrogens is 270 g/mol. The maximum Gasteiger partial charge on any atom is 0.410 e. The van der Waals surface area contributed by atoms with Crippen LogP contribution in [0.4, 0.5) is 4.79 Å². The summed E-state index contributed by atoms with van der Waals surface area (Å²) in [7, 11) is 0. The van der Waals surface area contributed by atoms with Crippen molar-refractivity contribution in [1.82, 2.24) is 4.90 Å². The lowest BCUT2D eigenvalue weighted by atomic mass is 9.98. The lowest BCUT2D eigenvalue weighted by Crippen LogP contribution is -2.45. The van der Waals surface area contributed by atoms with E-state index in [9.17, 15) is 9.59 Å². The van der Waals surface area contributed by atoms with Crippen molar-refractivity contribution in [1.29, 1.82) is 0 Å². The Morgan fingerprint density at radius 2 is 2.05 bits per heavy atom. The zero-order valence-electron chi connectivity index (χ0n) is 13.2. The maximum absolute atomic E-state index is 12.2. The standard InChI is InChI=1S/C16H25NO4/c1-16(2,3)21-15(19)17-10-6-7-12(11-17)14(18)20-13-8-4-5-9-13/h8,12H,4-7,9-11H2,1-3H3. The van der Waals surface area contributed by atoms with E-state index in [0.717, 1.165) is 37.9 Å². The van der Waals surface area contributed by atoms with E-state index in [1.807, 2.05) is 26.8 Å². The zero-order chi connectivity index (χ0) is 15.5. The quantitative estimate of drug-likeness (QED) is 0.734. The Bertz CT molecular complexity index is 436. The van der Waals surface area contributed by atoms with Crippen LogP contribution in [0.3, 0.4) is 0 Å². The highest BCUT2D eigenvalue weighted by Gasteiger charge is 2.32. The highest BCUT2D eigenvalue weighted by atomic mass is 16.6. The van der Waals surface area contributed by atoms with Crippen LogP contribution in [0.5, 0.6) is 0 Å². The van der Waals surface area contributed by atoms with Crippen molar-refractivity contribution >= 4 is 12.1 Å². The minimum atomic E-state index is -0.515. The highest BCUT2D eigenvalue weighted by molar-refractivity contribution is 5.75. The Morgan fingerprint density at radius 3 is 2.67 bits per heavy atom. The molecule has 1 fully saturated rings. The topological polar surface area (TPSA) is 55.8 Å². The molecule has 0 aromatic heterocycles. The molecule has 0 spiro atoms. The van der Waals surface area contributed by atoms with Crippen LogP contribution in [-0.4, -0.2) is 35.7 Å². The molecule has 1 aliphatic carbocycles. The van der Waals surface area contributed by atoms with Crippen molar-refractivity contribution in [3.63, 3.8) is 0 Å². The number of hydrogen-bond donors (Lipinski definition) is 0. The summed E-state index contributed by atoms with van der Waals surface area (Å²) in [6.07, 6.45) is 6.08. The van der Waals surface area contributed by atoms with Gasteiger partial charge in [-0.1, -0.05) is 0 Å². The van der Waals surface area contributed by atoms with Gasteiger partial charge in [0.05, 0.1) is 5.92 Å². The number of amides is 1. The average molecular weight is 295 g/mol. The van der Waals surface area contributed by atoms with Gasteiger partial charge in [0, 0.05) is 19.5 Å². The van der Waals surface area contributed by atoms with Gasteiger partial charge in [-0.15, -0.1) is 0 Å². The minimum absolute atomic E-state index is 0.212. The summed E-state index contributed by atoms with van der Waals surface area (Å²) in [4.78, 5) is 25.8. The van der Waals surface area contributed by atoms with Crippen LogP contribution in [0.25, 0.3) is 0 Å². The molecule has 1 saturated heterocycles. The first-order valence-corrected chi connectivity index (χ1v) is 7.74. The van der Waals surface area contributed by atoms with Crippen molar-refractivity contribution in [2.75, 3.05) is 13.1 Å². The summed E-state index contributed by atoms with van der Waals surface area (Å²) >= 11 is 0. The van der Waals surface area contributed by atoms with Crippen LogP contribution in [0.1, 0.15) is 52.9 Å². The zero-order valence-corrected chi connectivity index (χ0v) is 13.2. The summed E-state index contributed by atoms with van der Waals surface area (Å²) in [5, 5.41) is 0. The van der Waals surface area contributed by atoms with Crippen LogP contribution in [0, 0.1) is 5.92 Å². The molecule has 2 aliphatic rings. The number of nitrogens with zero attached hydrogens (tertiary/aromatic N) is 1. The molecule has 0 N–H and O–H groups in total. The van der Waals surface area contributed by atoms with Crippen molar-refractivity contribution in [3.05, 3.63) is 11.8 Å². The van der Waals surface area contributed by atoms with E-state index < -0.39 is 5.60 Å². The Balaban J connectivity index is 1.87. The van der Waals surface area contributed by atoms with Crippen molar-refractivity contribution in [2.45, 2.75) is 58.5 Å². The van der Waals surface area contributed by atoms with E-state index in [1.165, 1.54) is 0 Å². The monoisotopic (exact) mass is 295 g/mol. The lowest BCUT2D eigenvalue weighted by molar-refractivity contribution is -0.146. The third kappa shape index (κ3) is 4.76. The smallest absolute Gasteiger partial charge is 0.410 e. The predicted octanol–water partition coefficient (Wildman–Crippen LogP) is 3.24. The molecule has 0 bridgehead atoms. The number of carbonyl (C=O) groups excluding carboxylic acids is 2. The van der Waals surface area contributed by atoms with Gasteiger partial charge in [0.25, 0.3) is 0 Å². The van der Waals surface area contributed by atoms with Crippen LogP contribution in [0.2, 0.25) is 0 Å². The summed E-state index contributed by atoms with van der Waals surface area (Å²) in [6.45, 7) is 6.55. The molecule has 5 heteroatoms. The molecule has 1 unspecified atom stereocenters. The fraction of sp³-hybridized carbons (Fsp3) is 0.750. The Morgan fingerprint density at radius 1 is 1.29 bits per heavy atom. The van der Waals surface area contributed by atoms with Crippen LogP contribution >= 0.6 is 0 Å². The second-order valence-corrected chi connectivity index (χ2v) is 6.75. The molecule has 1 atom stereocenters. The van der Waals surface area contributed by atoms with Crippen LogP contribution < -0.4 is 0 Å². The first-order chi connectivity index (χ1) is 9.85. The van der Waals surface area contributed by atoms with Gasteiger partial charge in [-0.3, -0.25) is 4.79 Å². The molecule has 0 radical (unpaired) electrons. The SMILES string of the molecule is CC(C)(C)OC(=O)N1CCCC(C(=O)OC2=CCCC2)C1. The molecule has 1 aliphatic heterocycles. The van der Waals surface area contributed by atoms with Gasteiger partial charge in [0.1, 0.15) is 11.4 Å². The average Bonchev–Trinajstić information content (AvgIpc) is 2.90. The van der Waals surface area contributed by atoms with Gasteiger partial charge >= 0.3 is 12.1 Å². The van der Waals surface area contributed by atoms with E-state index in [1.54, 1.807) is 4.90 Å². The number of hydrogen-bond acceptors (Lipinski definition) is 4. The van der Waals surface area contributed by atoms with E-state index >= 15 is 0 Å². The molecule has 1 amide bonds. The lowest BCUT2D eigenvalue weighted by Gasteiger charge is -2.33. The fourth-order valence-electron chi connectivity index (χ4n) is 2.61. The van der Waals surface area contributed by atoms with Gasteiger partial charge in [-0.25, -0.2) is 4.79 Å². The van der Waals surface area contributed by atoms with Gasteiger partial charge in [-0.2, -0.15) is 0 Å². The Hall–Kier alpha value is -1.52. The highest BCUT2D eigenvalue weighted by Crippen LogP contribution is 2.24. The second-order valence-electron chi connectivity index (χ2n) is 6.75. The van der Waals surface area contributed by atoms with E-state index in [2.05, 4.69) is 0 Å². The number of piperidine rings is 1. The van der Waals surface area contributed by atoms with Gasteiger partial charge in [0.2, 0.25) is 0 Å². The molecule has 0 aromatic rings. The first-order valence-electron chi connectivity index (χ1n) is 7.74. The number of rotatable bonds is 2. The molecular formula is C16H25NO4. The minimum Gasteiger partial charge on any atom is -0.444 e. The third-order valence-corrected chi connectivity index (χ3v) is 3.64. The van der Waals surface area contributed by atoms with Gasteiger partial charge in [0.15, 0.2) is 0 Å². The Labute approximate surface area is 126 Å². The first kappa shape index (κ1) is 15.9. The normalized spacial score (nSPS) is 22.7. The van der Waals surface area contributed by atoms with E-state index in [-0.39, 0.29) is 18.0 Å². The number of esters is 1. The molecule has 0 aromatic carbocycles.